The van der Waals surface area contributed by atoms with E-state index < -0.39 is 5.41 Å². The van der Waals surface area contributed by atoms with Gasteiger partial charge in [0.05, 0.1) is 23.5 Å². The molecule has 4 unspecified atom stereocenters. The molecule has 0 amide bonds. The van der Waals surface area contributed by atoms with E-state index in [1.54, 1.807) is 0 Å². The van der Waals surface area contributed by atoms with E-state index in [-0.39, 0.29) is 36.2 Å². The summed E-state index contributed by atoms with van der Waals surface area (Å²) in [5, 5.41) is 0. The van der Waals surface area contributed by atoms with Gasteiger partial charge in [-0.2, -0.15) is 0 Å². The second kappa shape index (κ2) is 6.66. The van der Waals surface area contributed by atoms with Crippen LogP contribution in [0.4, 0.5) is 0 Å². The van der Waals surface area contributed by atoms with Crippen LogP contribution >= 0.6 is 0 Å². The van der Waals surface area contributed by atoms with Crippen LogP contribution in [0.15, 0.2) is 0 Å². The van der Waals surface area contributed by atoms with Crippen LogP contribution in [0.5, 0.6) is 0 Å². The van der Waals surface area contributed by atoms with Crippen molar-refractivity contribution < 1.29 is 23.8 Å². The molecular weight excluding hydrogens is 308 g/mol. The van der Waals surface area contributed by atoms with Gasteiger partial charge in [-0.3, -0.25) is 9.59 Å². The first-order valence-electron chi connectivity index (χ1n) is 9.35. The highest BCUT2D eigenvalue weighted by Gasteiger charge is 2.53. The average molecular weight is 338 g/mol. The summed E-state index contributed by atoms with van der Waals surface area (Å²) in [6.45, 7) is 6.59. The Kier molecular flexibility index (Phi) is 4.92. The van der Waals surface area contributed by atoms with Crippen molar-refractivity contribution >= 4 is 11.9 Å². The molecule has 4 atom stereocenters. The normalized spacial score (nSPS) is 34.8. The molecule has 2 saturated carbocycles. The average Bonchev–Trinajstić information content (AvgIpc) is 2.65. The zero-order chi connectivity index (χ0) is 17.4. The minimum absolute atomic E-state index is 0.00906. The third-order valence-corrected chi connectivity index (χ3v) is 5.86. The quantitative estimate of drug-likeness (QED) is 0.527. The molecule has 0 aromatic carbocycles. The van der Waals surface area contributed by atoms with E-state index >= 15 is 0 Å². The molecule has 0 aromatic heterocycles. The number of carbonyl (C=O) groups is 2. The van der Waals surface area contributed by atoms with Gasteiger partial charge in [0.1, 0.15) is 12.7 Å². The number of hydrogen-bond acceptors (Lipinski definition) is 5. The van der Waals surface area contributed by atoms with E-state index in [0.717, 1.165) is 44.9 Å². The molecule has 24 heavy (non-hydrogen) atoms. The van der Waals surface area contributed by atoms with E-state index in [1.807, 2.05) is 13.8 Å². The number of esters is 2. The third-order valence-electron chi connectivity index (χ3n) is 5.86. The lowest BCUT2D eigenvalue weighted by Gasteiger charge is -2.46. The molecule has 2 saturated heterocycles. The van der Waals surface area contributed by atoms with Gasteiger partial charge in [0.25, 0.3) is 0 Å². The van der Waals surface area contributed by atoms with Gasteiger partial charge in [-0.25, -0.2) is 0 Å². The van der Waals surface area contributed by atoms with Crippen molar-refractivity contribution in [1.29, 1.82) is 0 Å². The van der Waals surface area contributed by atoms with Gasteiger partial charge in [-0.05, 0) is 51.9 Å². The number of hydrogen-bond donors (Lipinski definition) is 0. The topological polar surface area (TPSA) is 61.8 Å². The minimum atomic E-state index is -0.437. The lowest BCUT2D eigenvalue weighted by Crippen LogP contribution is -2.47. The molecule has 5 heteroatoms. The first-order chi connectivity index (χ1) is 11.3. The highest BCUT2D eigenvalue weighted by atomic mass is 16.6. The Morgan fingerprint density at radius 1 is 1.25 bits per heavy atom. The molecule has 2 heterocycles. The summed E-state index contributed by atoms with van der Waals surface area (Å²) >= 11 is 0. The fourth-order valence-corrected chi connectivity index (χ4v) is 4.87. The van der Waals surface area contributed by atoms with Crippen molar-refractivity contribution in [3.8, 4) is 0 Å². The molecule has 136 valence electrons. The summed E-state index contributed by atoms with van der Waals surface area (Å²) in [4.78, 5) is 24.2. The summed E-state index contributed by atoms with van der Waals surface area (Å²) < 4.78 is 17.2. The van der Waals surface area contributed by atoms with Crippen molar-refractivity contribution in [3.05, 3.63) is 0 Å². The molecule has 4 bridgehead atoms. The van der Waals surface area contributed by atoms with Crippen LogP contribution in [-0.2, 0) is 23.8 Å². The number of fused-ring (bicyclic) bond motifs is 1. The van der Waals surface area contributed by atoms with E-state index in [4.69, 9.17) is 14.2 Å². The van der Waals surface area contributed by atoms with Gasteiger partial charge in [0.2, 0.25) is 0 Å². The maximum absolute atomic E-state index is 12.1. The molecule has 0 radical (unpaired) electrons. The first kappa shape index (κ1) is 17.7. The van der Waals surface area contributed by atoms with E-state index in [2.05, 4.69) is 6.92 Å². The van der Waals surface area contributed by atoms with Gasteiger partial charge in [-0.15, -0.1) is 0 Å². The SMILES string of the molecule is CCCC(C)(C)C(=O)OCCOC12CC3CC(C1)OC(=O)C(C3)C2. The lowest BCUT2D eigenvalue weighted by molar-refractivity contribution is -0.164. The zero-order valence-corrected chi connectivity index (χ0v) is 15.1. The lowest BCUT2D eigenvalue weighted by atomic mass is 9.65. The van der Waals surface area contributed by atoms with Crippen LogP contribution in [0.25, 0.3) is 0 Å². The first-order valence-corrected chi connectivity index (χ1v) is 9.35. The van der Waals surface area contributed by atoms with Crippen molar-refractivity contribution in [2.45, 2.75) is 77.4 Å². The maximum Gasteiger partial charge on any atom is 0.311 e. The van der Waals surface area contributed by atoms with Gasteiger partial charge < -0.3 is 14.2 Å². The van der Waals surface area contributed by atoms with Crippen LogP contribution in [-0.4, -0.2) is 36.9 Å². The summed E-state index contributed by atoms with van der Waals surface area (Å²) in [7, 11) is 0. The van der Waals surface area contributed by atoms with Crippen LogP contribution in [0.3, 0.4) is 0 Å². The molecule has 2 aliphatic carbocycles. The second-order valence-corrected chi connectivity index (χ2v) is 8.51. The summed E-state index contributed by atoms with van der Waals surface area (Å²) in [6.07, 6.45) is 6.27. The number of carbonyl (C=O) groups excluding carboxylic acids is 2. The van der Waals surface area contributed by atoms with Gasteiger partial charge >= 0.3 is 11.9 Å². The number of ether oxygens (including phenoxy) is 3. The summed E-state index contributed by atoms with van der Waals surface area (Å²) in [6, 6.07) is 0. The number of rotatable bonds is 7. The van der Waals surface area contributed by atoms with Crippen LogP contribution in [0.1, 0.15) is 65.7 Å². The molecule has 5 nitrogen and oxygen atoms in total. The highest BCUT2D eigenvalue weighted by Crippen LogP contribution is 2.51. The van der Waals surface area contributed by atoms with Crippen LogP contribution < -0.4 is 0 Å². The standard InChI is InChI=1S/C19H30O5/c1-4-5-18(2,3)17(21)22-6-7-23-19-10-13-8-14(11-19)16(20)24-15(9-13)12-19/h13-15H,4-12H2,1-3H3. The van der Waals surface area contributed by atoms with Crippen molar-refractivity contribution in [2.24, 2.45) is 17.3 Å². The highest BCUT2D eigenvalue weighted by molar-refractivity contribution is 5.75. The molecule has 0 N–H and O–H groups in total. The van der Waals surface area contributed by atoms with E-state index in [0.29, 0.717) is 12.5 Å². The van der Waals surface area contributed by atoms with E-state index in [1.165, 1.54) is 0 Å². The van der Waals surface area contributed by atoms with Crippen LogP contribution in [0, 0.1) is 17.3 Å². The fraction of sp³-hybridized carbons (Fsp3) is 0.895. The smallest absolute Gasteiger partial charge is 0.311 e. The van der Waals surface area contributed by atoms with Crippen molar-refractivity contribution in [2.75, 3.05) is 13.2 Å². The summed E-state index contributed by atoms with van der Waals surface area (Å²) in [5.74, 6) is 0.317. The largest absolute Gasteiger partial charge is 0.463 e. The van der Waals surface area contributed by atoms with Crippen LogP contribution in [0.2, 0.25) is 0 Å². The molecular formula is C19H30O5. The molecule has 4 rings (SSSR count). The Bertz CT molecular complexity index is 500. The van der Waals surface area contributed by atoms with Crippen molar-refractivity contribution in [3.63, 3.8) is 0 Å². The Morgan fingerprint density at radius 3 is 2.79 bits per heavy atom. The van der Waals surface area contributed by atoms with Gasteiger partial charge in [0.15, 0.2) is 0 Å². The zero-order valence-electron chi connectivity index (χ0n) is 15.1. The maximum atomic E-state index is 12.1. The Morgan fingerprint density at radius 2 is 2.04 bits per heavy atom. The fourth-order valence-electron chi connectivity index (χ4n) is 4.87. The Labute approximate surface area is 144 Å². The third kappa shape index (κ3) is 3.61. The second-order valence-electron chi connectivity index (χ2n) is 8.51. The monoisotopic (exact) mass is 338 g/mol. The Balaban J connectivity index is 1.50. The molecule has 0 spiro atoms. The molecule has 0 aromatic rings. The molecule has 2 aliphatic heterocycles. The van der Waals surface area contributed by atoms with Gasteiger partial charge in [-0.1, -0.05) is 13.3 Å². The van der Waals surface area contributed by atoms with Gasteiger partial charge in [0, 0.05) is 6.42 Å². The van der Waals surface area contributed by atoms with E-state index in [9.17, 15) is 9.59 Å². The predicted octanol–water partition coefficient (Wildman–Crippen LogP) is 3.25. The Hall–Kier alpha value is -1.10. The summed E-state index contributed by atoms with van der Waals surface area (Å²) in [5.41, 5.74) is -0.693. The van der Waals surface area contributed by atoms with Crippen molar-refractivity contribution in [1.82, 2.24) is 0 Å². The molecule has 4 aliphatic rings. The molecule has 4 fully saturated rings. The predicted molar refractivity (Wildman–Crippen MR) is 88.3 cm³/mol. The minimum Gasteiger partial charge on any atom is -0.463 e.